The first kappa shape index (κ1) is 10.7. The Hall–Kier alpha value is -1.42. The minimum atomic E-state index is 0.279. The van der Waals surface area contributed by atoms with Crippen LogP contribution in [0.25, 0.3) is 5.88 Å². The number of ether oxygens (including phenoxy) is 1. The monoisotopic (exact) mass is 252 g/mol. The molecule has 0 amide bonds. The molecule has 0 spiro atoms. The molecule has 1 fully saturated rings. The van der Waals surface area contributed by atoms with Crippen molar-refractivity contribution in [3.8, 4) is 11.6 Å². The van der Waals surface area contributed by atoms with Gasteiger partial charge in [0.15, 0.2) is 10.9 Å². The fourth-order valence-electron chi connectivity index (χ4n) is 2.13. The highest BCUT2D eigenvalue weighted by Gasteiger charge is 2.20. The third-order valence-corrected chi connectivity index (χ3v) is 3.34. The second-order valence-corrected chi connectivity index (χ2v) is 4.55. The fourth-order valence-corrected chi connectivity index (χ4v) is 2.35. The Kier molecular flexibility index (Phi) is 2.81. The van der Waals surface area contributed by atoms with Gasteiger partial charge in [-0.1, -0.05) is 11.6 Å². The largest absolute Gasteiger partial charge is 0.485 e. The van der Waals surface area contributed by atoms with Crippen LogP contribution in [0.15, 0.2) is 29.0 Å². The van der Waals surface area contributed by atoms with Gasteiger partial charge in [-0.05, 0) is 31.7 Å². The van der Waals surface area contributed by atoms with Crippen LogP contribution in [0.2, 0.25) is 5.15 Å². The Morgan fingerprint density at radius 3 is 2.94 bits per heavy atom. The van der Waals surface area contributed by atoms with Crippen LogP contribution in [-0.2, 0) is 0 Å². The maximum atomic E-state index is 6.21. The van der Waals surface area contributed by atoms with Gasteiger partial charge in [-0.15, -0.1) is 0 Å². The van der Waals surface area contributed by atoms with E-state index in [-0.39, 0.29) is 6.10 Å². The van der Waals surface area contributed by atoms with Crippen LogP contribution >= 0.6 is 11.6 Å². The van der Waals surface area contributed by atoms with Gasteiger partial charge >= 0.3 is 0 Å². The number of hydrogen-bond donors (Lipinski definition) is 0. The molecule has 17 heavy (non-hydrogen) atoms. The molecular weight excluding hydrogens is 240 g/mol. The summed E-state index contributed by atoms with van der Waals surface area (Å²) in [5.41, 5.74) is 0. The molecule has 2 aromatic heterocycles. The standard InChI is InChI=1S/C12H13ClN2O2/c13-12-10(17-9-4-1-2-5-9)8-14-15(12)11-6-3-7-16-11/h3,6-9H,1-2,4-5H2. The number of nitrogens with zero attached hydrogens (tertiary/aromatic N) is 2. The third-order valence-electron chi connectivity index (χ3n) is 2.99. The van der Waals surface area contributed by atoms with E-state index in [4.69, 9.17) is 20.8 Å². The summed E-state index contributed by atoms with van der Waals surface area (Å²) in [6.45, 7) is 0. The van der Waals surface area contributed by atoms with E-state index in [1.807, 2.05) is 0 Å². The van der Waals surface area contributed by atoms with E-state index in [9.17, 15) is 0 Å². The third kappa shape index (κ3) is 2.05. The highest BCUT2D eigenvalue weighted by Crippen LogP contribution is 2.31. The van der Waals surface area contributed by atoms with Crippen LogP contribution in [0.1, 0.15) is 25.7 Å². The first-order valence-corrected chi connectivity index (χ1v) is 6.16. The van der Waals surface area contributed by atoms with Gasteiger partial charge in [0.1, 0.15) is 0 Å². The number of furan rings is 1. The van der Waals surface area contributed by atoms with Crippen LogP contribution in [0, 0.1) is 0 Å². The highest BCUT2D eigenvalue weighted by atomic mass is 35.5. The van der Waals surface area contributed by atoms with Crippen molar-refractivity contribution in [2.45, 2.75) is 31.8 Å². The molecule has 0 bridgehead atoms. The van der Waals surface area contributed by atoms with Crippen LogP contribution in [0.5, 0.6) is 5.75 Å². The van der Waals surface area contributed by atoms with Gasteiger partial charge in [0.2, 0.25) is 5.88 Å². The lowest BCUT2D eigenvalue weighted by molar-refractivity contribution is 0.210. The highest BCUT2D eigenvalue weighted by molar-refractivity contribution is 6.31. The van der Waals surface area contributed by atoms with Crippen molar-refractivity contribution in [3.05, 3.63) is 29.7 Å². The molecule has 5 heteroatoms. The molecule has 0 saturated heterocycles. The van der Waals surface area contributed by atoms with E-state index >= 15 is 0 Å². The molecule has 0 radical (unpaired) electrons. The molecule has 0 unspecified atom stereocenters. The second-order valence-electron chi connectivity index (χ2n) is 4.19. The fraction of sp³-hybridized carbons (Fsp3) is 0.417. The number of rotatable bonds is 3. The van der Waals surface area contributed by atoms with E-state index in [0.717, 1.165) is 12.8 Å². The minimum absolute atomic E-state index is 0.279. The van der Waals surface area contributed by atoms with Gasteiger partial charge in [0.25, 0.3) is 0 Å². The first-order chi connectivity index (χ1) is 8.34. The van der Waals surface area contributed by atoms with Crippen molar-refractivity contribution >= 4 is 11.6 Å². The molecule has 0 atom stereocenters. The van der Waals surface area contributed by atoms with Crippen molar-refractivity contribution in [2.24, 2.45) is 0 Å². The summed E-state index contributed by atoms with van der Waals surface area (Å²) in [5, 5.41) is 4.63. The summed E-state index contributed by atoms with van der Waals surface area (Å²) in [5.74, 6) is 1.23. The lowest BCUT2D eigenvalue weighted by atomic mass is 10.3. The van der Waals surface area contributed by atoms with E-state index in [2.05, 4.69) is 5.10 Å². The molecule has 3 rings (SSSR count). The molecule has 90 valence electrons. The van der Waals surface area contributed by atoms with Crippen LogP contribution in [-0.4, -0.2) is 15.9 Å². The van der Waals surface area contributed by atoms with E-state index in [1.165, 1.54) is 17.5 Å². The lowest BCUT2D eigenvalue weighted by Gasteiger charge is -2.11. The summed E-state index contributed by atoms with van der Waals surface area (Å²) < 4.78 is 12.6. The Morgan fingerprint density at radius 1 is 1.41 bits per heavy atom. The zero-order valence-electron chi connectivity index (χ0n) is 9.30. The van der Waals surface area contributed by atoms with Gasteiger partial charge < -0.3 is 9.15 Å². The second kappa shape index (κ2) is 4.45. The molecule has 1 aliphatic carbocycles. The van der Waals surface area contributed by atoms with Gasteiger partial charge in [-0.25, -0.2) is 0 Å². The van der Waals surface area contributed by atoms with Gasteiger partial charge in [-0.2, -0.15) is 9.78 Å². The predicted octanol–water partition coefficient (Wildman–Crippen LogP) is 3.44. The molecule has 0 aliphatic heterocycles. The van der Waals surface area contributed by atoms with E-state index in [1.54, 1.807) is 24.6 Å². The van der Waals surface area contributed by atoms with Gasteiger partial charge in [-0.3, -0.25) is 0 Å². The Labute approximate surface area is 104 Å². The van der Waals surface area contributed by atoms with E-state index < -0.39 is 0 Å². The number of aromatic nitrogens is 2. The summed E-state index contributed by atoms with van der Waals surface area (Å²) in [7, 11) is 0. The zero-order chi connectivity index (χ0) is 11.7. The average molecular weight is 253 g/mol. The smallest absolute Gasteiger partial charge is 0.221 e. The average Bonchev–Trinajstić information content (AvgIpc) is 3.03. The van der Waals surface area contributed by atoms with Crippen molar-refractivity contribution in [1.29, 1.82) is 0 Å². The Balaban J connectivity index is 1.82. The zero-order valence-corrected chi connectivity index (χ0v) is 10.1. The van der Waals surface area contributed by atoms with Gasteiger partial charge in [0, 0.05) is 6.07 Å². The van der Waals surface area contributed by atoms with Crippen LogP contribution in [0.4, 0.5) is 0 Å². The molecule has 0 aromatic carbocycles. The number of halogens is 1. The van der Waals surface area contributed by atoms with Crippen molar-refractivity contribution in [1.82, 2.24) is 9.78 Å². The maximum absolute atomic E-state index is 6.21. The summed E-state index contributed by atoms with van der Waals surface area (Å²) >= 11 is 6.21. The van der Waals surface area contributed by atoms with Crippen molar-refractivity contribution < 1.29 is 9.15 Å². The first-order valence-electron chi connectivity index (χ1n) is 5.78. The lowest BCUT2D eigenvalue weighted by Crippen LogP contribution is -2.10. The molecule has 4 nitrogen and oxygen atoms in total. The summed E-state index contributed by atoms with van der Waals surface area (Å²) in [6, 6.07) is 3.60. The molecule has 1 saturated carbocycles. The Bertz CT molecular complexity index is 487. The summed E-state index contributed by atoms with van der Waals surface area (Å²) in [6.07, 6.45) is 8.17. The Morgan fingerprint density at radius 2 is 2.24 bits per heavy atom. The molecule has 1 aliphatic rings. The summed E-state index contributed by atoms with van der Waals surface area (Å²) in [4.78, 5) is 0. The predicted molar refractivity (Wildman–Crippen MR) is 63.7 cm³/mol. The molecule has 2 heterocycles. The minimum Gasteiger partial charge on any atom is -0.485 e. The topological polar surface area (TPSA) is 40.2 Å². The number of hydrogen-bond acceptors (Lipinski definition) is 3. The normalized spacial score (nSPS) is 16.5. The molecule has 0 N–H and O–H groups in total. The van der Waals surface area contributed by atoms with Crippen LogP contribution < -0.4 is 4.74 Å². The van der Waals surface area contributed by atoms with Crippen LogP contribution in [0.3, 0.4) is 0 Å². The van der Waals surface area contributed by atoms with Gasteiger partial charge in [0.05, 0.1) is 18.6 Å². The van der Waals surface area contributed by atoms with Crippen molar-refractivity contribution in [2.75, 3.05) is 0 Å². The van der Waals surface area contributed by atoms with E-state index in [0.29, 0.717) is 16.8 Å². The van der Waals surface area contributed by atoms with Crippen molar-refractivity contribution in [3.63, 3.8) is 0 Å². The maximum Gasteiger partial charge on any atom is 0.221 e. The molecule has 2 aromatic rings. The quantitative estimate of drug-likeness (QED) is 0.840. The molecular formula is C12H13ClN2O2. The SMILES string of the molecule is Clc1c(OC2CCCC2)cnn1-c1ccco1.